The normalized spacial score (nSPS) is 25.6. The molecule has 3 nitrogen and oxygen atoms in total. The molecule has 16 heavy (non-hydrogen) atoms. The molecule has 2 rings (SSSR count). The molecule has 0 amide bonds. The Morgan fingerprint density at radius 3 is 2.56 bits per heavy atom. The van der Waals surface area contributed by atoms with E-state index in [9.17, 15) is 0 Å². The first-order chi connectivity index (χ1) is 7.78. The van der Waals surface area contributed by atoms with Gasteiger partial charge in [-0.3, -0.25) is 0 Å². The average Bonchev–Trinajstić information content (AvgIpc) is 2.73. The number of aryl methyl sites for hydroxylation is 1. The van der Waals surface area contributed by atoms with Crippen LogP contribution in [-0.2, 0) is 0 Å². The van der Waals surface area contributed by atoms with Crippen LogP contribution in [0.1, 0.15) is 31.4 Å². The van der Waals surface area contributed by atoms with E-state index in [2.05, 4.69) is 17.7 Å². The SMILES string of the molecule is CNC1CCC(CNc2ccc(C)o2)CC1. The standard InChI is InChI=1S/C13H22N2O/c1-10-3-8-13(16-10)15-9-11-4-6-12(14-2)7-5-11/h3,8,11-12,14-15H,4-7,9H2,1-2H3. The van der Waals surface area contributed by atoms with Crippen LogP contribution in [0.4, 0.5) is 5.88 Å². The smallest absolute Gasteiger partial charge is 0.193 e. The van der Waals surface area contributed by atoms with Crippen LogP contribution in [0.2, 0.25) is 0 Å². The maximum atomic E-state index is 5.49. The monoisotopic (exact) mass is 222 g/mol. The molecule has 0 unspecified atom stereocenters. The second-order valence-electron chi connectivity index (χ2n) is 4.80. The Labute approximate surface area is 97.6 Å². The van der Waals surface area contributed by atoms with Gasteiger partial charge in [0, 0.05) is 18.7 Å². The first-order valence-corrected chi connectivity index (χ1v) is 6.25. The maximum absolute atomic E-state index is 5.49. The zero-order valence-electron chi connectivity index (χ0n) is 10.3. The van der Waals surface area contributed by atoms with Gasteiger partial charge in [0.05, 0.1) is 0 Å². The third kappa shape index (κ3) is 3.01. The highest BCUT2D eigenvalue weighted by Gasteiger charge is 2.19. The Morgan fingerprint density at radius 2 is 2.00 bits per heavy atom. The predicted octanol–water partition coefficient (Wildman–Crippen LogP) is 2.78. The fraction of sp³-hybridized carbons (Fsp3) is 0.692. The van der Waals surface area contributed by atoms with Crippen molar-refractivity contribution in [1.82, 2.24) is 5.32 Å². The quantitative estimate of drug-likeness (QED) is 0.822. The Morgan fingerprint density at radius 1 is 1.25 bits per heavy atom. The molecule has 0 saturated heterocycles. The number of furan rings is 1. The van der Waals surface area contributed by atoms with E-state index in [0.717, 1.165) is 30.1 Å². The first-order valence-electron chi connectivity index (χ1n) is 6.25. The van der Waals surface area contributed by atoms with E-state index in [0.29, 0.717) is 0 Å². The van der Waals surface area contributed by atoms with Gasteiger partial charge in [0.15, 0.2) is 5.88 Å². The predicted molar refractivity (Wildman–Crippen MR) is 66.7 cm³/mol. The summed E-state index contributed by atoms with van der Waals surface area (Å²) in [5.74, 6) is 2.68. The third-order valence-electron chi connectivity index (χ3n) is 3.56. The van der Waals surface area contributed by atoms with E-state index in [1.807, 2.05) is 19.1 Å². The first kappa shape index (κ1) is 11.5. The summed E-state index contributed by atoms with van der Waals surface area (Å²) in [7, 11) is 2.06. The van der Waals surface area contributed by atoms with Crippen LogP contribution in [-0.4, -0.2) is 19.6 Å². The van der Waals surface area contributed by atoms with E-state index in [1.165, 1.54) is 25.7 Å². The molecule has 0 radical (unpaired) electrons. The van der Waals surface area contributed by atoms with Crippen LogP contribution in [0, 0.1) is 12.8 Å². The molecule has 0 bridgehead atoms. The zero-order valence-corrected chi connectivity index (χ0v) is 10.3. The minimum absolute atomic E-state index is 0.738. The molecule has 2 N–H and O–H groups in total. The minimum Gasteiger partial charge on any atom is -0.446 e. The summed E-state index contributed by atoms with van der Waals surface area (Å²) in [6, 6.07) is 4.75. The van der Waals surface area contributed by atoms with Crippen LogP contribution in [0.15, 0.2) is 16.5 Å². The molecule has 3 heteroatoms. The number of hydrogen-bond acceptors (Lipinski definition) is 3. The highest BCUT2D eigenvalue weighted by atomic mass is 16.4. The number of rotatable bonds is 4. The highest BCUT2D eigenvalue weighted by molar-refractivity contribution is 5.31. The Bertz CT molecular complexity index is 313. The van der Waals surface area contributed by atoms with Crippen molar-refractivity contribution in [2.24, 2.45) is 5.92 Å². The van der Waals surface area contributed by atoms with Gasteiger partial charge in [-0.2, -0.15) is 0 Å². The van der Waals surface area contributed by atoms with Gasteiger partial charge >= 0.3 is 0 Å². The summed E-state index contributed by atoms with van der Waals surface area (Å²) < 4.78 is 5.49. The van der Waals surface area contributed by atoms with Gasteiger partial charge in [0.2, 0.25) is 0 Å². The molecule has 1 aromatic rings. The average molecular weight is 222 g/mol. The van der Waals surface area contributed by atoms with Crippen LogP contribution in [0.5, 0.6) is 0 Å². The van der Waals surface area contributed by atoms with E-state index < -0.39 is 0 Å². The second kappa shape index (κ2) is 5.39. The molecule has 90 valence electrons. The molecule has 1 fully saturated rings. The van der Waals surface area contributed by atoms with Crippen molar-refractivity contribution in [3.63, 3.8) is 0 Å². The third-order valence-corrected chi connectivity index (χ3v) is 3.56. The minimum atomic E-state index is 0.738. The molecule has 0 aliphatic heterocycles. The van der Waals surface area contributed by atoms with E-state index in [-0.39, 0.29) is 0 Å². The van der Waals surface area contributed by atoms with Gasteiger partial charge in [-0.25, -0.2) is 0 Å². The highest BCUT2D eigenvalue weighted by Crippen LogP contribution is 2.24. The number of nitrogens with one attached hydrogen (secondary N) is 2. The number of hydrogen-bond donors (Lipinski definition) is 2. The van der Waals surface area contributed by atoms with Gasteiger partial charge in [-0.15, -0.1) is 0 Å². The second-order valence-corrected chi connectivity index (χ2v) is 4.80. The van der Waals surface area contributed by atoms with Gasteiger partial charge in [-0.05, 0) is 51.6 Å². The van der Waals surface area contributed by atoms with Crippen molar-refractivity contribution in [3.8, 4) is 0 Å². The van der Waals surface area contributed by atoms with Crippen molar-refractivity contribution in [3.05, 3.63) is 17.9 Å². The summed E-state index contributed by atoms with van der Waals surface area (Å²) in [5, 5.41) is 6.74. The molecular weight excluding hydrogens is 200 g/mol. The number of anilines is 1. The van der Waals surface area contributed by atoms with Crippen molar-refractivity contribution in [2.45, 2.75) is 38.6 Å². The molecule has 1 heterocycles. The molecular formula is C13H22N2O. The fourth-order valence-electron chi connectivity index (χ4n) is 2.43. The van der Waals surface area contributed by atoms with Crippen LogP contribution in [0.3, 0.4) is 0 Å². The molecule has 1 aliphatic rings. The lowest BCUT2D eigenvalue weighted by molar-refractivity contribution is 0.311. The summed E-state index contributed by atoms with van der Waals surface area (Å²) in [6.45, 7) is 3.02. The fourth-order valence-corrected chi connectivity index (χ4v) is 2.43. The topological polar surface area (TPSA) is 37.2 Å². The van der Waals surface area contributed by atoms with E-state index in [4.69, 9.17) is 4.42 Å². The van der Waals surface area contributed by atoms with Gasteiger partial charge in [0.25, 0.3) is 0 Å². The molecule has 1 aliphatic carbocycles. The summed E-state index contributed by atoms with van der Waals surface area (Å²) in [6.07, 6.45) is 5.25. The van der Waals surface area contributed by atoms with Crippen molar-refractivity contribution < 1.29 is 4.42 Å². The lowest BCUT2D eigenvalue weighted by Crippen LogP contribution is -2.32. The Balaban J connectivity index is 1.71. The molecule has 0 spiro atoms. The summed E-state index contributed by atoms with van der Waals surface area (Å²) in [4.78, 5) is 0. The Hall–Kier alpha value is -0.960. The van der Waals surface area contributed by atoms with E-state index in [1.54, 1.807) is 0 Å². The molecule has 0 atom stereocenters. The van der Waals surface area contributed by atoms with Crippen molar-refractivity contribution in [1.29, 1.82) is 0 Å². The van der Waals surface area contributed by atoms with E-state index >= 15 is 0 Å². The maximum Gasteiger partial charge on any atom is 0.193 e. The van der Waals surface area contributed by atoms with Crippen LogP contribution < -0.4 is 10.6 Å². The Kier molecular flexibility index (Phi) is 3.88. The lowest BCUT2D eigenvalue weighted by Gasteiger charge is -2.28. The molecule has 1 saturated carbocycles. The molecule has 0 aromatic carbocycles. The van der Waals surface area contributed by atoms with Crippen molar-refractivity contribution >= 4 is 5.88 Å². The van der Waals surface area contributed by atoms with Crippen LogP contribution in [0.25, 0.3) is 0 Å². The molecule has 1 aromatic heterocycles. The lowest BCUT2D eigenvalue weighted by atomic mass is 9.86. The van der Waals surface area contributed by atoms with Gasteiger partial charge in [-0.1, -0.05) is 0 Å². The van der Waals surface area contributed by atoms with Crippen LogP contribution >= 0.6 is 0 Å². The van der Waals surface area contributed by atoms with Gasteiger partial charge in [0.1, 0.15) is 5.76 Å². The summed E-state index contributed by atoms with van der Waals surface area (Å²) >= 11 is 0. The zero-order chi connectivity index (χ0) is 11.4. The van der Waals surface area contributed by atoms with Crippen molar-refractivity contribution in [2.75, 3.05) is 18.9 Å². The van der Waals surface area contributed by atoms with Gasteiger partial charge < -0.3 is 15.1 Å². The largest absolute Gasteiger partial charge is 0.446 e. The summed E-state index contributed by atoms with van der Waals surface area (Å²) in [5.41, 5.74) is 0.